The SMILES string of the molecule is CC1(CNC(=O)CSc2ccc(C(C)(C)C)cc2)CCNCC1.Cl. The lowest BCUT2D eigenvalue weighted by Crippen LogP contribution is -2.43. The van der Waals surface area contributed by atoms with Gasteiger partial charge in [0, 0.05) is 11.4 Å². The summed E-state index contributed by atoms with van der Waals surface area (Å²) in [6.45, 7) is 11.8. The molecule has 1 aromatic rings. The van der Waals surface area contributed by atoms with Gasteiger partial charge in [-0.3, -0.25) is 4.79 Å². The summed E-state index contributed by atoms with van der Waals surface area (Å²) in [6.07, 6.45) is 2.27. The zero-order chi connectivity index (χ0) is 16.9. The van der Waals surface area contributed by atoms with E-state index < -0.39 is 0 Å². The normalized spacial score (nSPS) is 17.0. The Morgan fingerprint density at radius 3 is 2.33 bits per heavy atom. The molecule has 2 rings (SSSR count). The van der Waals surface area contributed by atoms with Crippen molar-refractivity contribution in [3.63, 3.8) is 0 Å². The molecule has 2 N–H and O–H groups in total. The Kier molecular flexibility index (Phi) is 8.10. The highest BCUT2D eigenvalue weighted by Crippen LogP contribution is 2.27. The molecule has 136 valence electrons. The second kappa shape index (κ2) is 9.12. The molecule has 0 aliphatic carbocycles. The highest BCUT2D eigenvalue weighted by Gasteiger charge is 2.26. The first-order valence-electron chi connectivity index (χ1n) is 8.49. The van der Waals surface area contributed by atoms with Crippen LogP contribution in [-0.4, -0.2) is 31.3 Å². The van der Waals surface area contributed by atoms with E-state index in [-0.39, 0.29) is 29.1 Å². The van der Waals surface area contributed by atoms with Crippen molar-refractivity contribution in [1.82, 2.24) is 10.6 Å². The van der Waals surface area contributed by atoms with Gasteiger partial charge in [-0.15, -0.1) is 24.2 Å². The number of hydrogen-bond acceptors (Lipinski definition) is 3. The highest BCUT2D eigenvalue weighted by atomic mass is 35.5. The molecule has 0 spiro atoms. The van der Waals surface area contributed by atoms with Crippen molar-refractivity contribution in [1.29, 1.82) is 0 Å². The molecule has 0 unspecified atom stereocenters. The highest BCUT2D eigenvalue weighted by molar-refractivity contribution is 8.00. The Morgan fingerprint density at radius 2 is 1.79 bits per heavy atom. The maximum Gasteiger partial charge on any atom is 0.230 e. The molecule has 0 saturated carbocycles. The van der Waals surface area contributed by atoms with Crippen molar-refractivity contribution >= 4 is 30.1 Å². The number of benzene rings is 1. The molecule has 5 heteroatoms. The average Bonchev–Trinajstić information content (AvgIpc) is 2.51. The van der Waals surface area contributed by atoms with Crippen LogP contribution >= 0.6 is 24.2 Å². The van der Waals surface area contributed by atoms with Crippen LogP contribution < -0.4 is 10.6 Å². The Bertz CT molecular complexity index is 519. The lowest BCUT2D eigenvalue weighted by molar-refractivity contribution is -0.119. The standard InChI is InChI=1S/C19H30N2OS.ClH/c1-18(2,3)15-5-7-16(8-6-15)23-13-17(22)21-14-19(4)9-11-20-12-10-19;/h5-8,20H,9-14H2,1-4H3,(H,21,22);1H. The number of carbonyl (C=O) groups excluding carboxylic acids is 1. The Morgan fingerprint density at radius 1 is 1.21 bits per heavy atom. The van der Waals surface area contributed by atoms with Gasteiger partial charge in [0.1, 0.15) is 0 Å². The Balaban J connectivity index is 0.00000288. The van der Waals surface area contributed by atoms with E-state index in [0.717, 1.165) is 37.4 Å². The molecular formula is C19H31ClN2OS. The second-order valence-corrected chi connectivity index (χ2v) is 8.95. The third-order valence-electron chi connectivity index (χ3n) is 4.61. The van der Waals surface area contributed by atoms with Gasteiger partial charge in [-0.25, -0.2) is 0 Å². The van der Waals surface area contributed by atoms with Crippen LogP contribution in [0.2, 0.25) is 0 Å². The molecule has 1 saturated heterocycles. The van der Waals surface area contributed by atoms with Crippen molar-refractivity contribution < 1.29 is 4.79 Å². The minimum Gasteiger partial charge on any atom is -0.355 e. The zero-order valence-corrected chi connectivity index (χ0v) is 16.9. The van der Waals surface area contributed by atoms with Crippen LogP contribution in [0.15, 0.2) is 29.2 Å². The summed E-state index contributed by atoms with van der Waals surface area (Å²) in [5.41, 5.74) is 1.75. The summed E-state index contributed by atoms with van der Waals surface area (Å²) in [6, 6.07) is 8.56. The largest absolute Gasteiger partial charge is 0.355 e. The molecule has 1 aliphatic heterocycles. The van der Waals surface area contributed by atoms with E-state index in [1.165, 1.54) is 5.56 Å². The van der Waals surface area contributed by atoms with Crippen LogP contribution in [0.5, 0.6) is 0 Å². The number of amides is 1. The smallest absolute Gasteiger partial charge is 0.230 e. The molecule has 1 aliphatic rings. The second-order valence-electron chi connectivity index (χ2n) is 7.90. The van der Waals surface area contributed by atoms with Gasteiger partial charge in [-0.2, -0.15) is 0 Å². The van der Waals surface area contributed by atoms with Crippen molar-refractivity contribution in [3.05, 3.63) is 29.8 Å². The van der Waals surface area contributed by atoms with Gasteiger partial charge < -0.3 is 10.6 Å². The van der Waals surface area contributed by atoms with E-state index in [2.05, 4.69) is 62.6 Å². The van der Waals surface area contributed by atoms with Gasteiger partial charge >= 0.3 is 0 Å². The summed E-state index contributed by atoms with van der Waals surface area (Å²) in [5, 5.41) is 6.48. The topological polar surface area (TPSA) is 41.1 Å². The maximum absolute atomic E-state index is 12.1. The van der Waals surface area contributed by atoms with Crippen LogP contribution in [0.3, 0.4) is 0 Å². The quantitative estimate of drug-likeness (QED) is 0.769. The van der Waals surface area contributed by atoms with E-state index >= 15 is 0 Å². The van der Waals surface area contributed by atoms with Gasteiger partial charge in [0.15, 0.2) is 0 Å². The van der Waals surface area contributed by atoms with Crippen LogP contribution in [0, 0.1) is 5.41 Å². The van der Waals surface area contributed by atoms with E-state index in [1.54, 1.807) is 11.8 Å². The van der Waals surface area contributed by atoms with Crippen molar-refractivity contribution in [2.24, 2.45) is 5.41 Å². The van der Waals surface area contributed by atoms with Crippen molar-refractivity contribution in [2.75, 3.05) is 25.4 Å². The number of rotatable bonds is 5. The maximum atomic E-state index is 12.1. The fourth-order valence-corrected chi connectivity index (χ4v) is 3.50. The van der Waals surface area contributed by atoms with Gasteiger partial charge in [-0.1, -0.05) is 39.8 Å². The summed E-state index contributed by atoms with van der Waals surface area (Å²) in [4.78, 5) is 13.2. The molecule has 1 aromatic carbocycles. The molecule has 0 atom stereocenters. The van der Waals surface area contributed by atoms with Gasteiger partial charge in [-0.05, 0) is 54.5 Å². The number of carbonyl (C=O) groups is 1. The number of thioether (sulfide) groups is 1. The fourth-order valence-electron chi connectivity index (χ4n) is 2.77. The first kappa shape index (κ1) is 21.3. The summed E-state index contributed by atoms with van der Waals surface area (Å²) < 4.78 is 0. The number of piperidine rings is 1. The minimum atomic E-state index is 0. The molecule has 0 bridgehead atoms. The summed E-state index contributed by atoms with van der Waals surface area (Å²) in [7, 11) is 0. The van der Waals surface area contributed by atoms with Gasteiger partial charge in [0.25, 0.3) is 0 Å². The van der Waals surface area contributed by atoms with Crippen LogP contribution in [0.4, 0.5) is 0 Å². The predicted molar refractivity (Wildman–Crippen MR) is 106 cm³/mol. The van der Waals surface area contributed by atoms with Gasteiger partial charge in [0.2, 0.25) is 5.91 Å². The van der Waals surface area contributed by atoms with Crippen LogP contribution in [-0.2, 0) is 10.2 Å². The number of nitrogens with one attached hydrogen (secondary N) is 2. The molecular weight excluding hydrogens is 340 g/mol. The van der Waals surface area contributed by atoms with E-state index in [9.17, 15) is 4.79 Å². The Hall–Kier alpha value is -0.710. The zero-order valence-electron chi connectivity index (χ0n) is 15.3. The molecule has 24 heavy (non-hydrogen) atoms. The monoisotopic (exact) mass is 370 g/mol. The molecule has 1 fully saturated rings. The summed E-state index contributed by atoms with van der Waals surface area (Å²) >= 11 is 1.61. The predicted octanol–water partition coefficient (Wildman–Crippen LogP) is 4.00. The van der Waals surface area contributed by atoms with E-state index in [1.807, 2.05) is 0 Å². The molecule has 1 amide bonds. The van der Waals surface area contributed by atoms with Crippen LogP contribution in [0.1, 0.15) is 46.1 Å². The summed E-state index contributed by atoms with van der Waals surface area (Å²) in [5.74, 6) is 0.623. The average molecular weight is 371 g/mol. The third kappa shape index (κ3) is 6.66. The lowest BCUT2D eigenvalue weighted by Gasteiger charge is -2.34. The molecule has 0 aromatic heterocycles. The van der Waals surface area contributed by atoms with E-state index in [0.29, 0.717) is 5.75 Å². The number of hydrogen-bond donors (Lipinski definition) is 2. The minimum absolute atomic E-state index is 0. The first-order chi connectivity index (χ1) is 10.8. The van der Waals surface area contributed by atoms with Crippen molar-refractivity contribution in [3.8, 4) is 0 Å². The number of halogens is 1. The van der Waals surface area contributed by atoms with E-state index in [4.69, 9.17) is 0 Å². The molecule has 1 heterocycles. The third-order valence-corrected chi connectivity index (χ3v) is 5.63. The molecule has 3 nitrogen and oxygen atoms in total. The fraction of sp³-hybridized carbons (Fsp3) is 0.632. The van der Waals surface area contributed by atoms with Crippen LogP contribution in [0.25, 0.3) is 0 Å². The molecule has 0 radical (unpaired) electrons. The lowest BCUT2D eigenvalue weighted by atomic mass is 9.81. The Labute approximate surface area is 157 Å². The van der Waals surface area contributed by atoms with Gasteiger partial charge in [0.05, 0.1) is 5.75 Å². The first-order valence-corrected chi connectivity index (χ1v) is 9.48. The van der Waals surface area contributed by atoms with Crippen molar-refractivity contribution in [2.45, 2.75) is 50.8 Å².